The lowest BCUT2D eigenvalue weighted by Crippen LogP contribution is -2.03. The number of nitriles is 1. The quantitative estimate of drug-likeness (QED) is 0.427. The van der Waals surface area contributed by atoms with E-state index in [4.69, 9.17) is 5.26 Å². The molecule has 0 rings (SSSR count). The second kappa shape index (κ2) is 5.83. The highest BCUT2D eigenvalue weighted by Crippen LogP contribution is 1.88. The number of esters is 1. The minimum absolute atomic E-state index is 0.0932. The summed E-state index contributed by atoms with van der Waals surface area (Å²) < 4.78 is 4.53. The first-order valence-electron chi connectivity index (χ1n) is 2.79. The van der Waals surface area contributed by atoms with Crippen LogP contribution < -0.4 is 0 Å². The van der Waals surface area contributed by atoms with Crippen molar-refractivity contribution in [2.45, 2.75) is 6.42 Å². The van der Waals surface area contributed by atoms with Crippen LogP contribution in [0, 0.1) is 17.8 Å². The number of rotatable bonds is 4. The van der Waals surface area contributed by atoms with Crippen LogP contribution in [0.15, 0.2) is 12.7 Å². The van der Waals surface area contributed by atoms with Crippen molar-refractivity contribution in [3.63, 3.8) is 0 Å². The third-order valence-corrected chi connectivity index (χ3v) is 0.703. The molecule has 0 aliphatic carbocycles. The maximum Gasteiger partial charge on any atom is 0.311 e. The number of hydrogen-bond donors (Lipinski definition) is 0. The van der Waals surface area contributed by atoms with Gasteiger partial charge in [0, 0.05) is 6.42 Å². The first-order chi connectivity index (χ1) is 4.81. The summed E-state index contributed by atoms with van der Waals surface area (Å²) >= 11 is 0. The fraction of sp³-hybridized carbons (Fsp3) is 0.286. The molecule has 0 aliphatic heterocycles. The second-order valence-electron chi connectivity index (χ2n) is 1.49. The molecule has 10 heavy (non-hydrogen) atoms. The highest BCUT2D eigenvalue weighted by molar-refractivity contribution is 5.79. The van der Waals surface area contributed by atoms with Crippen LogP contribution in [0.5, 0.6) is 0 Å². The Morgan fingerprint density at radius 2 is 2.50 bits per heavy atom. The Bertz CT molecular complexity index is 157. The van der Waals surface area contributed by atoms with Crippen LogP contribution in [0.2, 0.25) is 0 Å². The van der Waals surface area contributed by atoms with Gasteiger partial charge in [-0.25, -0.2) is 0 Å². The molecule has 0 aromatic carbocycles. The average molecular weight is 138 g/mol. The Labute approximate surface area is 59.9 Å². The van der Waals surface area contributed by atoms with Gasteiger partial charge in [-0.15, -0.1) is 0 Å². The number of carbonyl (C=O) groups is 1. The normalized spacial score (nSPS) is 7.90. The van der Waals surface area contributed by atoms with Gasteiger partial charge in [-0.3, -0.25) is 4.79 Å². The van der Waals surface area contributed by atoms with Gasteiger partial charge < -0.3 is 4.74 Å². The molecule has 0 saturated carbocycles. The summed E-state index contributed by atoms with van der Waals surface area (Å²) in [7, 11) is 0. The van der Waals surface area contributed by atoms with E-state index in [-0.39, 0.29) is 13.0 Å². The van der Waals surface area contributed by atoms with E-state index in [2.05, 4.69) is 11.3 Å². The molecule has 0 saturated heterocycles. The molecule has 0 amide bonds. The Kier molecular flexibility index (Phi) is 5.07. The molecule has 1 radical (unpaired) electrons. The first-order valence-corrected chi connectivity index (χ1v) is 2.79. The highest BCUT2D eigenvalue weighted by atomic mass is 16.5. The summed E-state index contributed by atoms with van der Waals surface area (Å²) in [6.45, 7) is 3.55. The summed E-state index contributed by atoms with van der Waals surface area (Å²) in [5.74, 6) is -0.471. The maximum absolute atomic E-state index is 10.5. The number of hydrogen-bond acceptors (Lipinski definition) is 3. The molecular formula is C7H8NO2. The fourth-order valence-corrected chi connectivity index (χ4v) is 0.329. The van der Waals surface area contributed by atoms with Crippen LogP contribution in [0.3, 0.4) is 0 Å². The van der Waals surface area contributed by atoms with Crippen LogP contribution in [-0.2, 0) is 9.53 Å². The minimum atomic E-state index is -0.471. The molecule has 0 N–H and O–H groups in total. The largest absolute Gasteiger partial charge is 0.461 e. The van der Waals surface area contributed by atoms with E-state index >= 15 is 0 Å². The van der Waals surface area contributed by atoms with Crippen LogP contribution in [0.4, 0.5) is 0 Å². The van der Waals surface area contributed by atoms with Gasteiger partial charge in [-0.05, 0) is 0 Å². The summed E-state index contributed by atoms with van der Waals surface area (Å²) in [5.41, 5.74) is 0. The van der Waals surface area contributed by atoms with Crippen molar-refractivity contribution in [1.82, 2.24) is 0 Å². The molecule has 0 bridgehead atoms. The molecule has 53 valence electrons. The van der Waals surface area contributed by atoms with Crippen molar-refractivity contribution >= 4 is 5.97 Å². The predicted octanol–water partition coefficient (Wildman–Crippen LogP) is 0.834. The molecule has 0 spiro atoms. The zero-order valence-electron chi connectivity index (χ0n) is 5.54. The summed E-state index contributed by atoms with van der Waals surface area (Å²) in [5, 5.41) is 8.03. The number of ether oxygens (including phenoxy) is 1. The molecule has 0 aromatic heterocycles. The molecule has 3 nitrogen and oxygen atoms in total. The van der Waals surface area contributed by atoms with Crippen molar-refractivity contribution in [1.29, 1.82) is 5.26 Å². The van der Waals surface area contributed by atoms with Crippen LogP contribution in [0.1, 0.15) is 6.42 Å². The van der Waals surface area contributed by atoms with Crippen molar-refractivity contribution in [3.8, 4) is 6.07 Å². The van der Waals surface area contributed by atoms with Gasteiger partial charge in [0.2, 0.25) is 0 Å². The van der Waals surface area contributed by atoms with Crippen molar-refractivity contribution in [2.75, 3.05) is 6.61 Å². The van der Waals surface area contributed by atoms with Crippen molar-refractivity contribution < 1.29 is 9.53 Å². The highest BCUT2D eigenvalue weighted by Gasteiger charge is 1.99. The second-order valence-corrected chi connectivity index (χ2v) is 1.49. The van der Waals surface area contributed by atoms with E-state index in [1.165, 1.54) is 12.5 Å². The minimum Gasteiger partial charge on any atom is -0.461 e. The molecular weight excluding hydrogens is 130 g/mol. The van der Waals surface area contributed by atoms with Gasteiger partial charge in [-0.1, -0.05) is 12.7 Å². The third kappa shape index (κ3) is 4.85. The number of carbonyl (C=O) groups excluding carboxylic acids is 1. The molecule has 3 heteroatoms. The van der Waals surface area contributed by atoms with Crippen molar-refractivity contribution in [3.05, 3.63) is 19.1 Å². The lowest BCUT2D eigenvalue weighted by molar-refractivity contribution is -0.138. The third-order valence-electron chi connectivity index (χ3n) is 0.703. The van der Waals surface area contributed by atoms with Gasteiger partial charge in [0.05, 0.1) is 12.5 Å². The van der Waals surface area contributed by atoms with E-state index in [0.29, 0.717) is 0 Å². The average Bonchev–Trinajstić information content (AvgIpc) is 1.97. The first kappa shape index (κ1) is 8.70. The van der Waals surface area contributed by atoms with E-state index < -0.39 is 5.97 Å². The molecule has 0 fully saturated rings. The summed E-state index contributed by atoms with van der Waals surface area (Å²) in [6.07, 6.45) is 2.75. The Hall–Kier alpha value is -1.30. The van der Waals surface area contributed by atoms with Gasteiger partial charge in [0.25, 0.3) is 0 Å². The zero-order valence-corrected chi connectivity index (χ0v) is 5.54. The van der Waals surface area contributed by atoms with Gasteiger partial charge in [0.1, 0.15) is 6.61 Å². The molecule has 0 unspecified atom stereocenters. The SMILES string of the molecule is C=CCOC(=O)[CH]CC#N. The molecule has 0 aromatic rings. The van der Waals surface area contributed by atoms with E-state index in [1.54, 1.807) is 6.07 Å². The van der Waals surface area contributed by atoms with Gasteiger partial charge in [-0.2, -0.15) is 5.26 Å². The number of nitrogens with zero attached hydrogens (tertiary/aromatic N) is 1. The monoisotopic (exact) mass is 138 g/mol. The lowest BCUT2D eigenvalue weighted by atomic mass is 10.3. The van der Waals surface area contributed by atoms with Gasteiger partial charge in [0.15, 0.2) is 0 Å². The summed E-state index contributed by atoms with van der Waals surface area (Å²) in [6, 6.07) is 1.79. The molecule has 0 atom stereocenters. The fourth-order valence-electron chi connectivity index (χ4n) is 0.329. The van der Waals surface area contributed by atoms with Gasteiger partial charge >= 0.3 is 5.97 Å². The van der Waals surface area contributed by atoms with E-state index in [0.717, 1.165) is 0 Å². The van der Waals surface area contributed by atoms with Crippen LogP contribution in [-0.4, -0.2) is 12.6 Å². The van der Waals surface area contributed by atoms with Crippen LogP contribution >= 0.6 is 0 Å². The Morgan fingerprint density at radius 1 is 1.80 bits per heavy atom. The molecule has 0 aliphatic rings. The zero-order chi connectivity index (χ0) is 7.82. The molecule has 0 heterocycles. The standard InChI is InChI=1S/C7H8NO2/c1-2-6-10-7(9)4-3-5-8/h2,4H,1,3,6H2. The van der Waals surface area contributed by atoms with Crippen molar-refractivity contribution in [2.24, 2.45) is 0 Å². The smallest absolute Gasteiger partial charge is 0.311 e. The predicted molar refractivity (Wildman–Crippen MR) is 35.7 cm³/mol. The summed E-state index contributed by atoms with van der Waals surface area (Å²) in [4.78, 5) is 10.5. The van der Waals surface area contributed by atoms with Crippen LogP contribution in [0.25, 0.3) is 0 Å². The Morgan fingerprint density at radius 3 is 3.00 bits per heavy atom. The maximum atomic E-state index is 10.5. The van der Waals surface area contributed by atoms with E-state index in [1.807, 2.05) is 0 Å². The lowest BCUT2D eigenvalue weighted by Gasteiger charge is -1.96. The topological polar surface area (TPSA) is 50.1 Å². The Balaban J connectivity index is 3.27. The van der Waals surface area contributed by atoms with E-state index in [9.17, 15) is 4.79 Å².